The summed E-state index contributed by atoms with van der Waals surface area (Å²) in [5.74, 6) is -2.72. The second kappa shape index (κ2) is 7.08. The summed E-state index contributed by atoms with van der Waals surface area (Å²) in [5.41, 5.74) is -0.641. The summed E-state index contributed by atoms with van der Waals surface area (Å²) in [5, 5.41) is 18.4. The van der Waals surface area contributed by atoms with E-state index in [2.05, 4.69) is 0 Å². The number of hydrogen-bond acceptors (Lipinski definition) is 3. The molecule has 0 unspecified atom stereocenters. The molecule has 126 valence electrons. The number of phenolic OH excluding ortho intramolecular Hbond substituents is 1. The number of hydrogen-bond donors (Lipinski definition) is 2. The van der Waals surface area contributed by atoms with Crippen molar-refractivity contribution in [3.05, 3.63) is 65.2 Å². The number of phenols is 1. The van der Waals surface area contributed by atoms with Crippen molar-refractivity contribution < 1.29 is 32.9 Å². The van der Waals surface area contributed by atoms with Gasteiger partial charge in [0.15, 0.2) is 11.5 Å². The zero-order valence-electron chi connectivity index (χ0n) is 12.2. The van der Waals surface area contributed by atoms with E-state index in [1.54, 1.807) is 30.3 Å². The van der Waals surface area contributed by atoms with Crippen molar-refractivity contribution in [1.29, 1.82) is 0 Å². The number of benzene rings is 2. The number of aliphatic carboxylic acids is 1. The van der Waals surface area contributed by atoms with Crippen molar-refractivity contribution in [2.45, 2.75) is 12.8 Å². The number of carboxylic acids is 1. The van der Waals surface area contributed by atoms with Crippen LogP contribution in [0.2, 0.25) is 0 Å². The van der Waals surface area contributed by atoms with Crippen molar-refractivity contribution in [2.75, 3.05) is 0 Å². The summed E-state index contributed by atoms with van der Waals surface area (Å²) in [4.78, 5) is 10.5. The first-order chi connectivity index (χ1) is 11.3. The van der Waals surface area contributed by atoms with E-state index in [-0.39, 0.29) is 12.2 Å². The molecule has 2 aromatic carbocycles. The van der Waals surface area contributed by atoms with Crippen LogP contribution in [0.1, 0.15) is 16.7 Å². The van der Waals surface area contributed by atoms with Gasteiger partial charge in [0.1, 0.15) is 12.2 Å². The lowest BCUT2D eigenvalue weighted by Gasteiger charge is -2.16. The SMILES string of the molecule is O=C(O)/C=C/c1cc(O)c(OCc2ccccc2)c(C(F)(F)F)c1. The molecule has 0 heterocycles. The maximum Gasteiger partial charge on any atom is 0.420 e. The van der Waals surface area contributed by atoms with Crippen molar-refractivity contribution >= 4 is 12.0 Å². The van der Waals surface area contributed by atoms with Gasteiger partial charge in [0.25, 0.3) is 0 Å². The number of carboxylic acid groups (broad SMARTS) is 1. The van der Waals surface area contributed by atoms with Gasteiger partial charge in [-0.05, 0) is 29.3 Å². The lowest BCUT2D eigenvalue weighted by molar-refractivity contribution is -0.139. The highest BCUT2D eigenvalue weighted by Crippen LogP contribution is 2.42. The van der Waals surface area contributed by atoms with Crippen LogP contribution in [0.25, 0.3) is 6.08 Å². The number of ether oxygens (including phenoxy) is 1. The third kappa shape index (κ3) is 4.52. The summed E-state index contributed by atoms with van der Waals surface area (Å²) < 4.78 is 44.8. The van der Waals surface area contributed by atoms with Gasteiger partial charge >= 0.3 is 12.1 Å². The number of carbonyl (C=O) groups is 1. The molecule has 2 aromatic rings. The molecule has 7 heteroatoms. The maximum atomic E-state index is 13.2. The van der Waals surface area contributed by atoms with Crippen molar-refractivity contribution in [3.8, 4) is 11.5 Å². The largest absolute Gasteiger partial charge is 0.504 e. The quantitative estimate of drug-likeness (QED) is 0.806. The fourth-order valence-corrected chi connectivity index (χ4v) is 1.99. The van der Waals surface area contributed by atoms with E-state index in [0.717, 1.165) is 18.2 Å². The minimum atomic E-state index is -4.77. The minimum Gasteiger partial charge on any atom is -0.504 e. The van der Waals surface area contributed by atoms with Gasteiger partial charge in [-0.1, -0.05) is 30.3 Å². The van der Waals surface area contributed by atoms with E-state index < -0.39 is 29.2 Å². The molecule has 0 radical (unpaired) electrons. The van der Waals surface area contributed by atoms with Crippen LogP contribution in [-0.4, -0.2) is 16.2 Å². The fourth-order valence-electron chi connectivity index (χ4n) is 1.99. The van der Waals surface area contributed by atoms with Crippen molar-refractivity contribution in [1.82, 2.24) is 0 Å². The molecule has 0 saturated heterocycles. The van der Waals surface area contributed by atoms with Gasteiger partial charge in [0, 0.05) is 6.08 Å². The Kier molecular flexibility index (Phi) is 5.13. The Hall–Kier alpha value is -2.96. The van der Waals surface area contributed by atoms with Gasteiger partial charge in [0.2, 0.25) is 0 Å². The third-order valence-electron chi connectivity index (χ3n) is 3.04. The van der Waals surface area contributed by atoms with E-state index in [9.17, 15) is 23.1 Å². The van der Waals surface area contributed by atoms with Gasteiger partial charge in [0.05, 0.1) is 0 Å². The highest BCUT2D eigenvalue weighted by atomic mass is 19.4. The van der Waals surface area contributed by atoms with Gasteiger partial charge in [-0.15, -0.1) is 0 Å². The van der Waals surface area contributed by atoms with Crippen molar-refractivity contribution in [3.63, 3.8) is 0 Å². The molecule has 0 amide bonds. The molecule has 2 N–H and O–H groups in total. The Morgan fingerprint density at radius 3 is 2.42 bits per heavy atom. The van der Waals surface area contributed by atoms with E-state index in [0.29, 0.717) is 11.6 Å². The number of aromatic hydroxyl groups is 1. The molecule has 0 aliphatic rings. The zero-order valence-corrected chi connectivity index (χ0v) is 12.2. The van der Waals surface area contributed by atoms with Crippen LogP contribution in [0.5, 0.6) is 11.5 Å². The normalized spacial score (nSPS) is 11.6. The number of alkyl halides is 3. The van der Waals surface area contributed by atoms with Gasteiger partial charge in [-0.25, -0.2) is 4.79 Å². The van der Waals surface area contributed by atoms with Crippen LogP contribution in [0.15, 0.2) is 48.5 Å². The highest BCUT2D eigenvalue weighted by Gasteiger charge is 2.36. The van der Waals surface area contributed by atoms with Crippen LogP contribution in [0.3, 0.4) is 0 Å². The molecule has 0 aliphatic heterocycles. The first-order valence-corrected chi connectivity index (χ1v) is 6.79. The molecular formula is C17H13F3O4. The minimum absolute atomic E-state index is 0.103. The Bertz CT molecular complexity index is 752. The molecule has 0 aromatic heterocycles. The second-order valence-corrected chi connectivity index (χ2v) is 4.86. The standard InChI is InChI=1S/C17H13F3O4/c18-17(19,20)13-8-12(6-7-15(22)23)9-14(21)16(13)24-10-11-4-2-1-3-5-11/h1-9,21H,10H2,(H,22,23)/b7-6+. The van der Waals surface area contributed by atoms with Crippen molar-refractivity contribution in [2.24, 2.45) is 0 Å². The molecular weight excluding hydrogens is 325 g/mol. The first-order valence-electron chi connectivity index (χ1n) is 6.79. The molecule has 2 rings (SSSR count). The molecule has 0 bridgehead atoms. The van der Waals surface area contributed by atoms with E-state index >= 15 is 0 Å². The van der Waals surface area contributed by atoms with E-state index in [1.165, 1.54) is 0 Å². The third-order valence-corrected chi connectivity index (χ3v) is 3.04. The average Bonchev–Trinajstić information content (AvgIpc) is 2.51. The number of halogens is 3. The molecule has 4 nitrogen and oxygen atoms in total. The van der Waals surface area contributed by atoms with Crippen LogP contribution in [0, 0.1) is 0 Å². The molecule has 24 heavy (non-hydrogen) atoms. The number of rotatable bonds is 5. The molecule has 0 aliphatic carbocycles. The molecule has 0 saturated carbocycles. The van der Waals surface area contributed by atoms with Crippen LogP contribution in [-0.2, 0) is 17.6 Å². The predicted octanol–water partition coefficient (Wildman–Crippen LogP) is 4.09. The Labute approximate surface area is 135 Å². The predicted molar refractivity (Wildman–Crippen MR) is 80.6 cm³/mol. The first kappa shape index (κ1) is 17.4. The molecule has 0 spiro atoms. The smallest absolute Gasteiger partial charge is 0.420 e. The molecule has 0 atom stereocenters. The zero-order chi connectivity index (χ0) is 17.7. The van der Waals surface area contributed by atoms with E-state index in [4.69, 9.17) is 9.84 Å². The van der Waals surface area contributed by atoms with Gasteiger partial charge < -0.3 is 14.9 Å². The highest BCUT2D eigenvalue weighted by molar-refractivity contribution is 5.85. The molecule has 0 fully saturated rings. The van der Waals surface area contributed by atoms with Gasteiger partial charge in [-0.2, -0.15) is 13.2 Å². The average molecular weight is 338 g/mol. The Morgan fingerprint density at radius 2 is 1.83 bits per heavy atom. The summed E-state index contributed by atoms with van der Waals surface area (Å²) in [6.07, 6.45) is -3.13. The summed E-state index contributed by atoms with van der Waals surface area (Å²) in [6.45, 7) is -0.151. The summed E-state index contributed by atoms with van der Waals surface area (Å²) >= 11 is 0. The second-order valence-electron chi connectivity index (χ2n) is 4.86. The Balaban J connectivity index is 2.37. The van der Waals surface area contributed by atoms with Crippen LogP contribution >= 0.6 is 0 Å². The fraction of sp³-hybridized carbons (Fsp3) is 0.118. The van der Waals surface area contributed by atoms with Crippen LogP contribution in [0.4, 0.5) is 13.2 Å². The lowest BCUT2D eigenvalue weighted by atomic mass is 10.1. The summed E-state index contributed by atoms with van der Waals surface area (Å²) in [6, 6.07) is 10.3. The Morgan fingerprint density at radius 1 is 1.17 bits per heavy atom. The monoisotopic (exact) mass is 338 g/mol. The van der Waals surface area contributed by atoms with Gasteiger partial charge in [-0.3, -0.25) is 0 Å². The topological polar surface area (TPSA) is 66.8 Å². The van der Waals surface area contributed by atoms with E-state index in [1.807, 2.05) is 0 Å². The maximum absolute atomic E-state index is 13.2. The lowest BCUT2D eigenvalue weighted by Crippen LogP contribution is -2.09. The van der Waals surface area contributed by atoms with Crippen LogP contribution < -0.4 is 4.74 Å². The summed E-state index contributed by atoms with van der Waals surface area (Å²) in [7, 11) is 0.